The van der Waals surface area contributed by atoms with Crippen molar-refractivity contribution in [2.24, 2.45) is 5.92 Å². The summed E-state index contributed by atoms with van der Waals surface area (Å²) in [5.74, 6) is -3.03. The third-order valence-corrected chi connectivity index (χ3v) is 2.72. The summed E-state index contributed by atoms with van der Waals surface area (Å²) in [5, 5.41) is 21.9. The minimum Gasteiger partial charge on any atom is -0.480 e. The molecular weight excluding hydrogens is 283 g/mol. The normalized spacial score (nSPS) is 12.0. The maximum atomic E-state index is 13.2. The Labute approximate surface area is 119 Å². The summed E-state index contributed by atoms with van der Waals surface area (Å²) in [4.78, 5) is 32.6. The van der Waals surface area contributed by atoms with Gasteiger partial charge in [0.2, 0.25) is 5.82 Å². The quantitative estimate of drug-likeness (QED) is 0.616. The average Bonchev–Trinajstić information content (AvgIpc) is 2.37. The summed E-state index contributed by atoms with van der Waals surface area (Å²) in [6.07, 6.45) is 0.213. The van der Waals surface area contributed by atoms with Gasteiger partial charge in [-0.25, -0.2) is 4.79 Å². The van der Waals surface area contributed by atoms with Crippen molar-refractivity contribution in [2.75, 3.05) is 0 Å². The van der Waals surface area contributed by atoms with E-state index in [1.165, 1.54) is 0 Å². The third-order valence-electron chi connectivity index (χ3n) is 2.72. The minimum absolute atomic E-state index is 0.0361. The first-order chi connectivity index (χ1) is 9.72. The number of hydrogen-bond acceptors (Lipinski definition) is 4. The van der Waals surface area contributed by atoms with E-state index >= 15 is 0 Å². The number of nitro benzene ring substituents is 1. The highest BCUT2D eigenvalue weighted by Crippen LogP contribution is 2.18. The number of halogens is 1. The van der Waals surface area contributed by atoms with Gasteiger partial charge in [-0.05, 0) is 24.5 Å². The molecule has 1 rings (SSSR count). The topological polar surface area (TPSA) is 110 Å². The van der Waals surface area contributed by atoms with Gasteiger partial charge in [0.1, 0.15) is 6.04 Å². The fraction of sp³-hybridized carbons (Fsp3) is 0.385. The molecule has 1 aromatic carbocycles. The molecule has 8 heteroatoms. The van der Waals surface area contributed by atoms with Crippen molar-refractivity contribution in [1.29, 1.82) is 0 Å². The van der Waals surface area contributed by atoms with Gasteiger partial charge in [0.05, 0.1) is 4.92 Å². The lowest BCUT2D eigenvalue weighted by Crippen LogP contribution is -2.41. The zero-order valence-electron chi connectivity index (χ0n) is 11.5. The number of nitrogens with one attached hydrogen (secondary N) is 1. The predicted octanol–water partition coefficient (Wildman–Crippen LogP) is 1.96. The van der Waals surface area contributed by atoms with Crippen LogP contribution in [0.15, 0.2) is 18.2 Å². The molecule has 1 atom stereocenters. The molecule has 0 saturated carbocycles. The van der Waals surface area contributed by atoms with Crippen LogP contribution in [-0.2, 0) is 4.79 Å². The fourth-order valence-electron chi connectivity index (χ4n) is 1.73. The number of amides is 1. The Kier molecular flexibility index (Phi) is 5.34. The van der Waals surface area contributed by atoms with E-state index in [4.69, 9.17) is 5.11 Å². The first-order valence-electron chi connectivity index (χ1n) is 6.20. The number of nitrogens with zero attached hydrogens (tertiary/aromatic N) is 1. The van der Waals surface area contributed by atoms with Gasteiger partial charge in [0, 0.05) is 11.6 Å². The standard InChI is InChI=1S/C13H15FN2O5/c1-7(2)5-10(13(18)19)15-12(17)8-3-4-9(14)11(6-8)16(20)21/h3-4,6-7,10H,5H2,1-2H3,(H,15,17)(H,18,19)/t10-/m1/s1. The van der Waals surface area contributed by atoms with Gasteiger partial charge in [-0.2, -0.15) is 4.39 Å². The molecule has 0 unspecified atom stereocenters. The summed E-state index contributed by atoms with van der Waals surface area (Å²) in [7, 11) is 0. The Bertz CT molecular complexity index is 574. The second-order valence-corrected chi connectivity index (χ2v) is 4.92. The third kappa shape index (κ3) is 4.51. The Balaban J connectivity index is 2.95. The van der Waals surface area contributed by atoms with Gasteiger partial charge in [-0.1, -0.05) is 13.8 Å². The number of carbonyl (C=O) groups is 2. The van der Waals surface area contributed by atoms with E-state index < -0.39 is 34.3 Å². The number of carboxylic acids is 1. The van der Waals surface area contributed by atoms with Crippen molar-refractivity contribution in [2.45, 2.75) is 26.3 Å². The smallest absolute Gasteiger partial charge is 0.326 e. The fourth-order valence-corrected chi connectivity index (χ4v) is 1.73. The second kappa shape index (κ2) is 6.78. The molecule has 0 aliphatic heterocycles. The zero-order chi connectivity index (χ0) is 16.2. The lowest BCUT2D eigenvalue weighted by atomic mass is 10.0. The average molecular weight is 298 g/mol. The Morgan fingerprint density at radius 1 is 1.43 bits per heavy atom. The van der Waals surface area contributed by atoms with Crippen LogP contribution in [0.1, 0.15) is 30.6 Å². The number of hydrogen-bond donors (Lipinski definition) is 2. The first-order valence-corrected chi connectivity index (χ1v) is 6.20. The van der Waals surface area contributed by atoms with Crippen LogP contribution in [0.3, 0.4) is 0 Å². The molecule has 1 aromatic rings. The van der Waals surface area contributed by atoms with E-state index in [9.17, 15) is 24.1 Å². The summed E-state index contributed by atoms with van der Waals surface area (Å²) >= 11 is 0. The molecule has 0 aliphatic carbocycles. The van der Waals surface area contributed by atoms with E-state index in [1.807, 2.05) is 0 Å². The molecule has 0 aliphatic rings. The molecule has 7 nitrogen and oxygen atoms in total. The van der Waals surface area contributed by atoms with Gasteiger partial charge in [-0.3, -0.25) is 14.9 Å². The largest absolute Gasteiger partial charge is 0.480 e. The summed E-state index contributed by atoms with van der Waals surface area (Å²) in [5.41, 5.74) is -1.00. The van der Waals surface area contributed by atoms with Gasteiger partial charge in [0.15, 0.2) is 0 Å². The van der Waals surface area contributed by atoms with E-state index in [0.717, 1.165) is 18.2 Å². The zero-order valence-corrected chi connectivity index (χ0v) is 11.5. The van der Waals surface area contributed by atoms with Gasteiger partial charge in [-0.15, -0.1) is 0 Å². The molecule has 0 radical (unpaired) electrons. The number of benzene rings is 1. The lowest BCUT2D eigenvalue weighted by Gasteiger charge is -2.16. The van der Waals surface area contributed by atoms with Crippen molar-refractivity contribution < 1.29 is 24.0 Å². The molecule has 0 aromatic heterocycles. The highest BCUT2D eigenvalue weighted by molar-refractivity contribution is 5.97. The summed E-state index contributed by atoms with van der Waals surface area (Å²) in [6.45, 7) is 3.59. The Morgan fingerprint density at radius 3 is 2.52 bits per heavy atom. The molecule has 114 valence electrons. The Hall–Kier alpha value is -2.51. The molecule has 2 N–H and O–H groups in total. The van der Waals surface area contributed by atoms with Crippen LogP contribution in [0, 0.1) is 21.8 Å². The van der Waals surface area contributed by atoms with Crippen molar-refractivity contribution in [3.63, 3.8) is 0 Å². The highest BCUT2D eigenvalue weighted by Gasteiger charge is 2.23. The second-order valence-electron chi connectivity index (χ2n) is 4.92. The summed E-state index contributed by atoms with van der Waals surface area (Å²) in [6, 6.07) is 1.53. The van der Waals surface area contributed by atoms with Gasteiger partial charge < -0.3 is 10.4 Å². The number of aliphatic carboxylic acids is 1. The SMILES string of the molecule is CC(C)C[C@@H](NC(=O)c1ccc(F)c([N+](=O)[O-])c1)C(=O)O. The van der Waals surface area contributed by atoms with Gasteiger partial charge >= 0.3 is 11.7 Å². The van der Waals surface area contributed by atoms with E-state index in [0.29, 0.717) is 0 Å². The van der Waals surface area contributed by atoms with Gasteiger partial charge in [0.25, 0.3) is 5.91 Å². The number of rotatable bonds is 6. The van der Waals surface area contributed by atoms with E-state index in [-0.39, 0.29) is 17.9 Å². The molecule has 0 fully saturated rings. The minimum atomic E-state index is -1.20. The maximum absolute atomic E-state index is 13.2. The first kappa shape index (κ1) is 16.5. The van der Waals surface area contributed by atoms with Crippen LogP contribution in [-0.4, -0.2) is 27.9 Å². The van der Waals surface area contributed by atoms with Crippen LogP contribution in [0.4, 0.5) is 10.1 Å². The Morgan fingerprint density at radius 2 is 2.05 bits per heavy atom. The maximum Gasteiger partial charge on any atom is 0.326 e. The lowest BCUT2D eigenvalue weighted by molar-refractivity contribution is -0.387. The molecular formula is C13H15FN2O5. The molecule has 0 heterocycles. The number of carboxylic acid groups (broad SMARTS) is 1. The van der Waals surface area contributed by atoms with Crippen LogP contribution in [0.5, 0.6) is 0 Å². The number of carbonyl (C=O) groups excluding carboxylic acids is 1. The van der Waals surface area contributed by atoms with Crippen molar-refractivity contribution in [3.8, 4) is 0 Å². The molecule has 21 heavy (non-hydrogen) atoms. The van der Waals surface area contributed by atoms with Crippen LogP contribution >= 0.6 is 0 Å². The van der Waals surface area contributed by atoms with Crippen molar-refractivity contribution in [3.05, 3.63) is 39.7 Å². The van der Waals surface area contributed by atoms with Crippen LogP contribution in [0.2, 0.25) is 0 Å². The van der Waals surface area contributed by atoms with Crippen molar-refractivity contribution >= 4 is 17.6 Å². The molecule has 0 saturated heterocycles. The highest BCUT2D eigenvalue weighted by atomic mass is 19.1. The monoisotopic (exact) mass is 298 g/mol. The molecule has 1 amide bonds. The number of nitro groups is 1. The summed E-state index contributed by atoms with van der Waals surface area (Å²) < 4.78 is 13.2. The van der Waals surface area contributed by atoms with E-state index in [2.05, 4.69) is 5.32 Å². The van der Waals surface area contributed by atoms with Crippen LogP contribution < -0.4 is 5.32 Å². The molecule has 0 bridgehead atoms. The van der Waals surface area contributed by atoms with Crippen LogP contribution in [0.25, 0.3) is 0 Å². The van der Waals surface area contributed by atoms with Crippen molar-refractivity contribution in [1.82, 2.24) is 5.32 Å². The molecule has 0 spiro atoms. The predicted molar refractivity (Wildman–Crippen MR) is 71.4 cm³/mol. The van der Waals surface area contributed by atoms with E-state index in [1.54, 1.807) is 13.8 Å².